The predicted molar refractivity (Wildman–Crippen MR) is 88.4 cm³/mol. The first-order chi connectivity index (χ1) is 9.61. The van der Waals surface area contributed by atoms with Crippen molar-refractivity contribution in [2.24, 2.45) is 0 Å². The molecule has 20 heavy (non-hydrogen) atoms. The van der Waals surface area contributed by atoms with Crippen molar-refractivity contribution in [1.82, 2.24) is 9.97 Å². The summed E-state index contributed by atoms with van der Waals surface area (Å²) in [6, 6.07) is 8.51. The molecule has 0 aliphatic rings. The summed E-state index contributed by atoms with van der Waals surface area (Å²) in [6.45, 7) is 4.99. The molecule has 1 aromatic carbocycles. The number of halogens is 1. The maximum absolute atomic E-state index is 4.52. The van der Waals surface area contributed by atoms with Crippen molar-refractivity contribution >= 4 is 43.4 Å². The van der Waals surface area contributed by atoms with Crippen LogP contribution in [0.3, 0.4) is 0 Å². The molecule has 3 rings (SSSR count). The Kier molecular flexibility index (Phi) is 3.72. The van der Waals surface area contributed by atoms with Gasteiger partial charge in [-0.25, -0.2) is 9.97 Å². The van der Waals surface area contributed by atoms with Crippen LogP contribution in [0.4, 0.5) is 5.95 Å². The van der Waals surface area contributed by atoms with Crippen molar-refractivity contribution in [3.8, 4) is 0 Å². The van der Waals surface area contributed by atoms with Gasteiger partial charge in [0.25, 0.3) is 0 Å². The first kappa shape index (κ1) is 13.5. The van der Waals surface area contributed by atoms with Crippen LogP contribution in [0, 0.1) is 13.8 Å². The van der Waals surface area contributed by atoms with Gasteiger partial charge in [0.05, 0.1) is 3.79 Å². The summed E-state index contributed by atoms with van der Waals surface area (Å²) in [6.07, 6.45) is 1.85. The monoisotopic (exact) mass is 347 g/mol. The Hall–Kier alpha value is -1.46. The molecular weight excluding hydrogens is 334 g/mol. The Morgan fingerprint density at radius 2 is 2.05 bits per heavy atom. The SMILES string of the molecule is Cc1ccc(CNc2ncc3cc(Br)sc3n2)cc1C. The topological polar surface area (TPSA) is 37.8 Å². The number of hydrogen-bond donors (Lipinski definition) is 1. The van der Waals surface area contributed by atoms with Crippen molar-refractivity contribution in [2.45, 2.75) is 20.4 Å². The lowest BCUT2D eigenvalue weighted by atomic mass is 10.1. The molecule has 5 heteroatoms. The lowest BCUT2D eigenvalue weighted by Crippen LogP contribution is -2.03. The smallest absolute Gasteiger partial charge is 0.224 e. The van der Waals surface area contributed by atoms with Gasteiger partial charge in [-0.15, -0.1) is 11.3 Å². The van der Waals surface area contributed by atoms with E-state index in [2.05, 4.69) is 63.3 Å². The molecule has 3 nitrogen and oxygen atoms in total. The van der Waals surface area contributed by atoms with Gasteiger partial charge in [0.15, 0.2) is 0 Å². The number of anilines is 1. The Morgan fingerprint density at radius 1 is 1.20 bits per heavy atom. The van der Waals surface area contributed by atoms with Gasteiger partial charge in [-0.1, -0.05) is 18.2 Å². The van der Waals surface area contributed by atoms with E-state index in [4.69, 9.17) is 0 Å². The molecule has 2 aromatic heterocycles. The number of fused-ring (bicyclic) bond motifs is 1. The zero-order valence-corrected chi connectivity index (χ0v) is 13.7. The minimum atomic E-state index is 0.671. The number of benzene rings is 1. The average molecular weight is 348 g/mol. The lowest BCUT2D eigenvalue weighted by molar-refractivity contribution is 1.07. The second-order valence-electron chi connectivity index (χ2n) is 4.78. The molecule has 0 amide bonds. The van der Waals surface area contributed by atoms with Gasteiger partial charge in [-0.05, 0) is 52.5 Å². The normalized spacial score (nSPS) is 10.9. The fourth-order valence-electron chi connectivity index (χ4n) is 1.98. The van der Waals surface area contributed by atoms with E-state index in [9.17, 15) is 0 Å². The van der Waals surface area contributed by atoms with Crippen LogP contribution >= 0.6 is 27.3 Å². The van der Waals surface area contributed by atoms with Crippen LogP contribution < -0.4 is 5.32 Å². The molecule has 0 aliphatic carbocycles. The number of nitrogens with one attached hydrogen (secondary N) is 1. The van der Waals surface area contributed by atoms with Crippen molar-refractivity contribution in [1.29, 1.82) is 0 Å². The fraction of sp³-hybridized carbons (Fsp3) is 0.200. The quantitative estimate of drug-likeness (QED) is 0.747. The van der Waals surface area contributed by atoms with Gasteiger partial charge in [0, 0.05) is 18.1 Å². The largest absolute Gasteiger partial charge is 0.350 e. The van der Waals surface area contributed by atoms with Gasteiger partial charge in [-0.3, -0.25) is 0 Å². The van der Waals surface area contributed by atoms with Gasteiger partial charge in [0.1, 0.15) is 4.83 Å². The third-order valence-corrected chi connectivity index (χ3v) is 4.81. The summed E-state index contributed by atoms with van der Waals surface area (Å²) in [7, 11) is 0. The van der Waals surface area contributed by atoms with Gasteiger partial charge in [-0.2, -0.15) is 0 Å². The number of aryl methyl sites for hydroxylation is 2. The molecule has 2 heterocycles. The van der Waals surface area contributed by atoms with E-state index >= 15 is 0 Å². The highest BCUT2D eigenvalue weighted by Crippen LogP contribution is 2.28. The predicted octanol–water partition coefficient (Wildman–Crippen LogP) is 4.68. The van der Waals surface area contributed by atoms with E-state index < -0.39 is 0 Å². The molecular formula is C15H14BrN3S. The Morgan fingerprint density at radius 3 is 2.85 bits per heavy atom. The minimum Gasteiger partial charge on any atom is -0.350 e. The molecule has 0 bridgehead atoms. The van der Waals surface area contributed by atoms with Gasteiger partial charge < -0.3 is 5.32 Å². The summed E-state index contributed by atoms with van der Waals surface area (Å²) >= 11 is 5.09. The third-order valence-electron chi connectivity index (χ3n) is 3.27. The van der Waals surface area contributed by atoms with Crippen molar-refractivity contribution in [3.63, 3.8) is 0 Å². The summed E-state index contributed by atoms with van der Waals surface area (Å²) in [5.41, 5.74) is 3.86. The van der Waals surface area contributed by atoms with Gasteiger partial charge >= 0.3 is 0 Å². The Bertz CT molecular complexity index is 767. The molecule has 0 fully saturated rings. The highest BCUT2D eigenvalue weighted by atomic mass is 79.9. The molecule has 0 radical (unpaired) electrons. The molecule has 0 aliphatic heterocycles. The van der Waals surface area contributed by atoms with Crippen LogP contribution in [0.15, 0.2) is 34.2 Å². The standard InChI is InChI=1S/C15H14BrN3S/c1-9-3-4-11(5-10(9)2)7-17-15-18-8-12-6-13(16)20-14(12)19-15/h3-6,8H,7H2,1-2H3,(H,17,18,19). The summed E-state index contributed by atoms with van der Waals surface area (Å²) < 4.78 is 1.08. The van der Waals surface area contributed by atoms with Crippen LogP contribution in [0.25, 0.3) is 10.2 Å². The summed E-state index contributed by atoms with van der Waals surface area (Å²) in [5, 5.41) is 4.35. The second kappa shape index (κ2) is 5.50. The average Bonchev–Trinajstić information content (AvgIpc) is 2.79. The van der Waals surface area contributed by atoms with Crippen LogP contribution in [0.1, 0.15) is 16.7 Å². The number of hydrogen-bond acceptors (Lipinski definition) is 4. The first-order valence-electron chi connectivity index (χ1n) is 6.34. The Labute approximate surface area is 130 Å². The van der Waals surface area contributed by atoms with E-state index in [1.54, 1.807) is 11.3 Å². The van der Waals surface area contributed by atoms with Crippen molar-refractivity contribution < 1.29 is 0 Å². The second-order valence-corrected chi connectivity index (χ2v) is 7.19. The lowest BCUT2D eigenvalue weighted by Gasteiger charge is -2.07. The summed E-state index contributed by atoms with van der Waals surface area (Å²) in [4.78, 5) is 9.85. The zero-order chi connectivity index (χ0) is 14.1. The number of aromatic nitrogens is 2. The number of nitrogens with zero attached hydrogens (tertiary/aromatic N) is 2. The van der Waals surface area contributed by atoms with E-state index in [0.717, 1.165) is 20.5 Å². The molecule has 3 aromatic rings. The molecule has 0 atom stereocenters. The number of thiophene rings is 1. The molecule has 102 valence electrons. The van der Waals surface area contributed by atoms with Crippen LogP contribution in [0.2, 0.25) is 0 Å². The van der Waals surface area contributed by atoms with E-state index in [1.807, 2.05) is 12.3 Å². The minimum absolute atomic E-state index is 0.671. The Balaban J connectivity index is 1.77. The highest BCUT2D eigenvalue weighted by molar-refractivity contribution is 9.11. The van der Waals surface area contributed by atoms with Crippen LogP contribution in [0.5, 0.6) is 0 Å². The highest BCUT2D eigenvalue weighted by Gasteiger charge is 2.04. The maximum atomic E-state index is 4.52. The molecule has 0 unspecified atom stereocenters. The van der Waals surface area contributed by atoms with E-state index in [1.165, 1.54) is 16.7 Å². The van der Waals surface area contributed by atoms with Crippen molar-refractivity contribution in [2.75, 3.05) is 5.32 Å². The summed E-state index contributed by atoms with van der Waals surface area (Å²) in [5.74, 6) is 0.671. The molecule has 0 saturated heterocycles. The van der Waals surface area contributed by atoms with E-state index in [-0.39, 0.29) is 0 Å². The van der Waals surface area contributed by atoms with Crippen molar-refractivity contribution in [3.05, 3.63) is 50.9 Å². The van der Waals surface area contributed by atoms with E-state index in [0.29, 0.717) is 5.95 Å². The first-order valence-corrected chi connectivity index (χ1v) is 7.95. The fourth-order valence-corrected chi connectivity index (χ4v) is 3.42. The van der Waals surface area contributed by atoms with Crippen LogP contribution in [-0.2, 0) is 6.54 Å². The van der Waals surface area contributed by atoms with Gasteiger partial charge in [0.2, 0.25) is 5.95 Å². The third kappa shape index (κ3) is 2.83. The molecule has 1 N–H and O–H groups in total. The maximum Gasteiger partial charge on any atom is 0.224 e. The van der Waals surface area contributed by atoms with Crippen LogP contribution in [-0.4, -0.2) is 9.97 Å². The molecule has 0 spiro atoms. The number of rotatable bonds is 3. The molecule has 0 saturated carbocycles. The zero-order valence-electron chi connectivity index (χ0n) is 11.3.